The minimum Gasteiger partial charge on any atom is -0.480 e. The molecule has 0 radical (unpaired) electrons. The maximum absolute atomic E-state index is 12.2. The van der Waals surface area contributed by atoms with Gasteiger partial charge in [0.25, 0.3) is 0 Å². The van der Waals surface area contributed by atoms with E-state index in [9.17, 15) is 14.7 Å². The first-order chi connectivity index (χ1) is 10.9. The number of H-pyrrole nitrogens is 1. The Morgan fingerprint density at radius 3 is 2.65 bits per heavy atom. The maximum Gasteiger partial charge on any atom is 0.326 e. The van der Waals surface area contributed by atoms with Gasteiger partial charge in [-0.15, -0.1) is 0 Å². The van der Waals surface area contributed by atoms with E-state index in [1.165, 1.54) is 0 Å². The third-order valence-electron chi connectivity index (χ3n) is 3.77. The molecule has 2 rings (SSSR count). The zero-order valence-electron chi connectivity index (χ0n) is 13.4. The summed E-state index contributed by atoms with van der Waals surface area (Å²) in [4.78, 5) is 26.6. The van der Waals surface area contributed by atoms with Crippen molar-refractivity contribution < 1.29 is 14.7 Å². The number of aliphatic carboxylic acids is 1. The first-order valence-electron chi connectivity index (χ1n) is 7.72. The molecule has 6 nitrogen and oxygen atoms in total. The first-order valence-corrected chi connectivity index (χ1v) is 7.72. The van der Waals surface area contributed by atoms with Crippen LogP contribution in [0.2, 0.25) is 0 Å². The number of aromatic nitrogens is 1. The summed E-state index contributed by atoms with van der Waals surface area (Å²) in [6.07, 6.45) is 2.56. The molecule has 1 aromatic heterocycles. The lowest BCUT2D eigenvalue weighted by Crippen LogP contribution is -2.49. The Kier molecular flexibility index (Phi) is 5.39. The van der Waals surface area contributed by atoms with Crippen LogP contribution in [0.4, 0.5) is 0 Å². The highest BCUT2D eigenvalue weighted by Crippen LogP contribution is 2.18. The Labute approximate surface area is 135 Å². The monoisotopic (exact) mass is 317 g/mol. The lowest BCUT2D eigenvalue weighted by Gasteiger charge is -2.19. The van der Waals surface area contributed by atoms with Crippen molar-refractivity contribution in [3.63, 3.8) is 0 Å². The minimum absolute atomic E-state index is 0.168. The van der Waals surface area contributed by atoms with Crippen LogP contribution >= 0.6 is 0 Å². The Bertz CT molecular complexity index is 693. The summed E-state index contributed by atoms with van der Waals surface area (Å²) < 4.78 is 0. The summed E-state index contributed by atoms with van der Waals surface area (Å²) >= 11 is 0. The van der Waals surface area contributed by atoms with E-state index in [1.807, 2.05) is 44.3 Å². The second kappa shape index (κ2) is 7.28. The predicted molar refractivity (Wildman–Crippen MR) is 89.0 cm³/mol. The average molecular weight is 317 g/mol. The number of amides is 1. The molecule has 0 spiro atoms. The Hall–Kier alpha value is -2.34. The van der Waals surface area contributed by atoms with E-state index in [4.69, 9.17) is 5.73 Å². The number of carboxylic acids is 1. The van der Waals surface area contributed by atoms with Gasteiger partial charge in [0.05, 0.1) is 6.04 Å². The number of hydrogen-bond acceptors (Lipinski definition) is 3. The molecule has 0 aliphatic heterocycles. The topological polar surface area (TPSA) is 108 Å². The van der Waals surface area contributed by atoms with Gasteiger partial charge >= 0.3 is 5.97 Å². The zero-order chi connectivity index (χ0) is 17.0. The fourth-order valence-corrected chi connectivity index (χ4v) is 2.60. The molecule has 124 valence electrons. The van der Waals surface area contributed by atoms with Crippen molar-refractivity contribution in [2.75, 3.05) is 0 Å². The van der Waals surface area contributed by atoms with Gasteiger partial charge in [0.1, 0.15) is 6.04 Å². The van der Waals surface area contributed by atoms with Crippen LogP contribution in [0.5, 0.6) is 0 Å². The summed E-state index contributed by atoms with van der Waals surface area (Å²) in [5.74, 6) is -1.31. The van der Waals surface area contributed by atoms with E-state index in [1.54, 1.807) is 0 Å². The standard InChI is InChI=1S/C17H23N3O3/c1-10(2)7-15(17(22)23)20-16(21)13(18)8-11-9-19-14-6-4-3-5-12(11)14/h3-6,9-10,13,15,19H,7-8,18H2,1-2H3,(H,20,21)(H,22,23). The number of carbonyl (C=O) groups excluding carboxylic acids is 1. The number of fused-ring (bicyclic) bond motifs is 1. The van der Waals surface area contributed by atoms with Gasteiger partial charge in [-0.05, 0) is 30.4 Å². The fourth-order valence-electron chi connectivity index (χ4n) is 2.60. The molecule has 1 aromatic carbocycles. The molecule has 2 unspecified atom stereocenters. The molecular formula is C17H23N3O3. The second-order valence-corrected chi connectivity index (χ2v) is 6.20. The smallest absolute Gasteiger partial charge is 0.326 e. The zero-order valence-corrected chi connectivity index (χ0v) is 13.4. The number of nitrogens with one attached hydrogen (secondary N) is 2. The normalized spacial score (nSPS) is 13.9. The van der Waals surface area contributed by atoms with Crippen LogP contribution in [-0.4, -0.2) is 34.1 Å². The van der Waals surface area contributed by atoms with E-state index in [0.717, 1.165) is 16.5 Å². The number of carbonyl (C=O) groups is 2. The summed E-state index contributed by atoms with van der Waals surface area (Å²) in [7, 11) is 0. The highest BCUT2D eigenvalue weighted by molar-refractivity contribution is 5.88. The Morgan fingerprint density at radius 1 is 1.30 bits per heavy atom. The van der Waals surface area contributed by atoms with Crippen LogP contribution in [0.25, 0.3) is 10.9 Å². The lowest BCUT2D eigenvalue weighted by molar-refractivity contribution is -0.142. The van der Waals surface area contributed by atoms with Gasteiger partial charge in [0.2, 0.25) is 5.91 Å². The van der Waals surface area contributed by atoms with Crippen LogP contribution < -0.4 is 11.1 Å². The number of para-hydroxylation sites is 1. The number of aromatic amines is 1. The highest BCUT2D eigenvalue weighted by Gasteiger charge is 2.24. The number of carboxylic acid groups (broad SMARTS) is 1. The maximum atomic E-state index is 12.2. The minimum atomic E-state index is -1.04. The molecule has 1 amide bonds. The summed E-state index contributed by atoms with van der Waals surface area (Å²) in [6.45, 7) is 3.82. The number of hydrogen-bond donors (Lipinski definition) is 4. The van der Waals surface area contributed by atoms with Crippen molar-refractivity contribution in [1.82, 2.24) is 10.3 Å². The third-order valence-corrected chi connectivity index (χ3v) is 3.77. The predicted octanol–water partition coefficient (Wildman–Crippen LogP) is 1.65. The van der Waals surface area contributed by atoms with Crippen LogP contribution in [0, 0.1) is 5.92 Å². The molecule has 0 saturated carbocycles. The molecule has 2 aromatic rings. The Balaban J connectivity index is 2.03. The largest absolute Gasteiger partial charge is 0.480 e. The van der Waals surface area contributed by atoms with E-state index < -0.39 is 24.0 Å². The van der Waals surface area contributed by atoms with Crippen molar-refractivity contribution in [1.29, 1.82) is 0 Å². The van der Waals surface area contributed by atoms with Gasteiger partial charge in [-0.25, -0.2) is 4.79 Å². The van der Waals surface area contributed by atoms with E-state index >= 15 is 0 Å². The van der Waals surface area contributed by atoms with E-state index in [-0.39, 0.29) is 5.92 Å². The molecule has 6 heteroatoms. The summed E-state index contributed by atoms with van der Waals surface area (Å²) in [5.41, 5.74) is 7.89. The SMILES string of the molecule is CC(C)CC(NC(=O)C(N)Cc1c[nH]c2ccccc12)C(=O)O. The van der Waals surface area contributed by atoms with Crippen LogP contribution in [0.1, 0.15) is 25.8 Å². The van der Waals surface area contributed by atoms with E-state index in [2.05, 4.69) is 10.3 Å². The molecule has 1 heterocycles. The molecule has 5 N–H and O–H groups in total. The van der Waals surface area contributed by atoms with Gasteiger partial charge in [0.15, 0.2) is 0 Å². The molecule has 0 bridgehead atoms. The molecular weight excluding hydrogens is 294 g/mol. The van der Waals surface area contributed by atoms with Gasteiger partial charge in [0, 0.05) is 17.1 Å². The van der Waals surface area contributed by atoms with Gasteiger partial charge in [-0.3, -0.25) is 4.79 Å². The third kappa shape index (κ3) is 4.32. The molecule has 0 aliphatic rings. The van der Waals surface area contributed by atoms with Crippen LogP contribution in [-0.2, 0) is 16.0 Å². The van der Waals surface area contributed by atoms with Gasteiger partial charge in [-0.2, -0.15) is 0 Å². The Morgan fingerprint density at radius 2 is 2.00 bits per heavy atom. The van der Waals surface area contributed by atoms with Crippen molar-refractivity contribution in [2.45, 2.75) is 38.8 Å². The molecule has 0 aliphatic carbocycles. The molecule has 2 atom stereocenters. The quantitative estimate of drug-likeness (QED) is 0.622. The average Bonchev–Trinajstić information content (AvgIpc) is 2.89. The number of nitrogens with two attached hydrogens (primary N) is 1. The summed E-state index contributed by atoms with van der Waals surface area (Å²) in [6, 6.07) is 6.07. The molecule has 0 saturated heterocycles. The summed E-state index contributed by atoms with van der Waals surface area (Å²) in [5, 5.41) is 12.7. The van der Waals surface area contributed by atoms with Crippen LogP contribution in [0.3, 0.4) is 0 Å². The molecule has 23 heavy (non-hydrogen) atoms. The van der Waals surface area contributed by atoms with Gasteiger partial charge in [-0.1, -0.05) is 32.0 Å². The van der Waals surface area contributed by atoms with Gasteiger partial charge < -0.3 is 21.1 Å². The highest BCUT2D eigenvalue weighted by atomic mass is 16.4. The fraction of sp³-hybridized carbons (Fsp3) is 0.412. The lowest BCUT2D eigenvalue weighted by atomic mass is 10.0. The van der Waals surface area contributed by atoms with Crippen molar-refractivity contribution in [2.24, 2.45) is 11.7 Å². The van der Waals surface area contributed by atoms with E-state index in [0.29, 0.717) is 12.8 Å². The van der Waals surface area contributed by atoms with Crippen molar-refractivity contribution >= 4 is 22.8 Å². The molecule has 0 fully saturated rings. The van der Waals surface area contributed by atoms with Crippen LogP contribution in [0.15, 0.2) is 30.5 Å². The number of rotatable bonds is 7. The first kappa shape index (κ1) is 17.0. The number of benzene rings is 1. The van der Waals surface area contributed by atoms with Crippen molar-refractivity contribution in [3.8, 4) is 0 Å². The van der Waals surface area contributed by atoms with Crippen molar-refractivity contribution in [3.05, 3.63) is 36.0 Å². The second-order valence-electron chi connectivity index (χ2n) is 6.20.